The molecule has 1 unspecified atom stereocenters. The Labute approximate surface area is 253 Å². The van der Waals surface area contributed by atoms with Crippen molar-refractivity contribution in [2.45, 2.75) is 64.5 Å². The summed E-state index contributed by atoms with van der Waals surface area (Å²) >= 11 is 0. The van der Waals surface area contributed by atoms with Gasteiger partial charge in [-0.1, -0.05) is 86.6 Å². The van der Waals surface area contributed by atoms with Crippen molar-refractivity contribution in [2.24, 2.45) is 11.8 Å². The second-order valence-electron chi connectivity index (χ2n) is 11.6. The van der Waals surface area contributed by atoms with E-state index in [2.05, 4.69) is 26.7 Å². The third kappa shape index (κ3) is 9.35. The van der Waals surface area contributed by atoms with E-state index in [9.17, 15) is 19.5 Å². The van der Waals surface area contributed by atoms with Crippen molar-refractivity contribution >= 4 is 28.4 Å². The SMILES string of the molecule is CC(C)C[C@@H](CO)NC(=O)[C@H](Cc1c[nH]cn1)NC(=O)C(CCCC(=O)c1ccccc1)Cc1cccc2ccccc12. The first-order chi connectivity index (χ1) is 20.8. The molecule has 1 aromatic heterocycles. The van der Waals surface area contributed by atoms with Crippen molar-refractivity contribution in [3.8, 4) is 0 Å². The Bertz CT molecular complexity index is 1460. The van der Waals surface area contributed by atoms with Gasteiger partial charge in [-0.05, 0) is 47.9 Å². The Kier molecular flexibility index (Phi) is 11.6. The van der Waals surface area contributed by atoms with Crippen molar-refractivity contribution < 1.29 is 19.5 Å². The average Bonchev–Trinajstić information content (AvgIpc) is 3.53. The standard InChI is InChI=1S/C35H42N4O4/c1-24(2)18-30(22-40)38-35(43)32(20-29-21-36-23-37-29)39-34(42)28(15-9-17-33(41)26-11-4-3-5-12-26)19-27-14-8-13-25-10-6-7-16-31(25)27/h3-8,10-14,16,21,23-24,28,30,32,40H,9,15,17-20,22H2,1-2H3,(H,36,37)(H,38,43)(H,39,42)/t28?,30-,32-/m0/s1. The zero-order valence-electron chi connectivity index (χ0n) is 25.0. The number of hydrogen-bond donors (Lipinski definition) is 4. The van der Waals surface area contributed by atoms with Gasteiger partial charge in [-0.15, -0.1) is 0 Å². The quantitative estimate of drug-likeness (QED) is 0.138. The van der Waals surface area contributed by atoms with Gasteiger partial charge in [0.15, 0.2) is 5.78 Å². The van der Waals surface area contributed by atoms with Gasteiger partial charge in [-0.25, -0.2) is 4.98 Å². The summed E-state index contributed by atoms with van der Waals surface area (Å²) in [6, 6.07) is 22.0. The molecule has 3 atom stereocenters. The van der Waals surface area contributed by atoms with E-state index in [1.165, 1.54) is 6.33 Å². The van der Waals surface area contributed by atoms with E-state index in [0.29, 0.717) is 43.4 Å². The Morgan fingerprint density at radius 2 is 1.63 bits per heavy atom. The van der Waals surface area contributed by atoms with E-state index in [-0.39, 0.29) is 36.5 Å². The molecule has 4 rings (SSSR count). The summed E-state index contributed by atoms with van der Waals surface area (Å²) in [5.74, 6) is -0.756. The molecular weight excluding hydrogens is 540 g/mol. The number of aliphatic hydroxyl groups is 1. The molecule has 4 N–H and O–H groups in total. The predicted molar refractivity (Wildman–Crippen MR) is 168 cm³/mol. The smallest absolute Gasteiger partial charge is 0.243 e. The van der Waals surface area contributed by atoms with Crippen LogP contribution in [0.4, 0.5) is 0 Å². The van der Waals surface area contributed by atoms with Gasteiger partial charge < -0.3 is 20.7 Å². The third-order valence-corrected chi connectivity index (χ3v) is 7.69. The molecule has 0 aliphatic heterocycles. The van der Waals surface area contributed by atoms with E-state index in [1.54, 1.807) is 18.3 Å². The van der Waals surface area contributed by atoms with Crippen molar-refractivity contribution in [2.75, 3.05) is 6.61 Å². The Hall–Kier alpha value is -4.30. The van der Waals surface area contributed by atoms with Crippen LogP contribution in [0.25, 0.3) is 10.8 Å². The molecule has 0 aliphatic carbocycles. The molecular formula is C35H42N4O4. The molecule has 8 heteroatoms. The van der Waals surface area contributed by atoms with Gasteiger partial charge >= 0.3 is 0 Å². The van der Waals surface area contributed by atoms with Crippen LogP contribution in [-0.4, -0.2) is 51.4 Å². The summed E-state index contributed by atoms with van der Waals surface area (Å²) in [7, 11) is 0. The summed E-state index contributed by atoms with van der Waals surface area (Å²) in [6.45, 7) is 3.86. The molecule has 226 valence electrons. The van der Waals surface area contributed by atoms with Crippen molar-refractivity contribution in [3.05, 3.63) is 102 Å². The number of ketones is 1. The maximum Gasteiger partial charge on any atom is 0.243 e. The molecule has 0 saturated carbocycles. The van der Waals surface area contributed by atoms with Gasteiger partial charge in [0, 0.05) is 30.5 Å². The van der Waals surface area contributed by atoms with Crippen LogP contribution >= 0.6 is 0 Å². The Balaban J connectivity index is 1.54. The normalized spacial score (nSPS) is 13.4. The van der Waals surface area contributed by atoms with Crippen LogP contribution in [0, 0.1) is 11.8 Å². The summed E-state index contributed by atoms with van der Waals surface area (Å²) in [5, 5.41) is 18.0. The fourth-order valence-electron chi connectivity index (χ4n) is 5.50. The van der Waals surface area contributed by atoms with E-state index in [4.69, 9.17) is 0 Å². The minimum absolute atomic E-state index is 0.0425. The number of nitrogens with one attached hydrogen (secondary N) is 3. The molecule has 0 saturated heterocycles. The van der Waals surface area contributed by atoms with Crippen LogP contribution in [0.2, 0.25) is 0 Å². The average molecular weight is 583 g/mol. The van der Waals surface area contributed by atoms with Crippen molar-refractivity contribution in [1.29, 1.82) is 0 Å². The largest absolute Gasteiger partial charge is 0.394 e. The number of carbonyl (C=O) groups is 3. The number of fused-ring (bicyclic) bond motifs is 1. The summed E-state index contributed by atoms with van der Waals surface area (Å²) in [5.41, 5.74) is 2.34. The van der Waals surface area contributed by atoms with E-state index >= 15 is 0 Å². The number of aromatic amines is 1. The van der Waals surface area contributed by atoms with Gasteiger partial charge in [0.2, 0.25) is 11.8 Å². The number of H-pyrrole nitrogens is 1. The molecule has 0 radical (unpaired) electrons. The summed E-state index contributed by atoms with van der Waals surface area (Å²) in [4.78, 5) is 47.4. The first-order valence-electron chi connectivity index (χ1n) is 15.1. The maximum absolute atomic E-state index is 14.0. The van der Waals surface area contributed by atoms with Gasteiger partial charge in [-0.2, -0.15) is 0 Å². The second-order valence-corrected chi connectivity index (χ2v) is 11.6. The third-order valence-electron chi connectivity index (χ3n) is 7.69. The molecule has 43 heavy (non-hydrogen) atoms. The number of rotatable bonds is 16. The second kappa shape index (κ2) is 15.8. The zero-order chi connectivity index (χ0) is 30.6. The van der Waals surface area contributed by atoms with Crippen LogP contribution in [-0.2, 0) is 22.4 Å². The number of carbonyl (C=O) groups excluding carboxylic acids is 3. The van der Waals surface area contributed by atoms with Crippen LogP contribution in [0.1, 0.15) is 61.1 Å². The van der Waals surface area contributed by atoms with E-state index in [1.807, 2.05) is 68.4 Å². The minimum atomic E-state index is -0.877. The molecule has 0 bridgehead atoms. The lowest BCUT2D eigenvalue weighted by Crippen LogP contribution is -2.53. The fraction of sp³-hybridized carbons (Fsp3) is 0.371. The fourth-order valence-corrected chi connectivity index (χ4v) is 5.50. The van der Waals surface area contributed by atoms with Crippen LogP contribution in [0.3, 0.4) is 0 Å². The maximum atomic E-state index is 14.0. The lowest BCUT2D eigenvalue weighted by molar-refractivity contribution is -0.131. The van der Waals surface area contributed by atoms with Crippen LogP contribution in [0.5, 0.6) is 0 Å². The number of imidazole rings is 1. The van der Waals surface area contributed by atoms with Gasteiger partial charge in [0.1, 0.15) is 6.04 Å². The first kappa shape index (κ1) is 31.6. The minimum Gasteiger partial charge on any atom is -0.394 e. The number of benzene rings is 3. The van der Waals surface area contributed by atoms with Gasteiger partial charge in [-0.3, -0.25) is 14.4 Å². The molecule has 3 aromatic carbocycles. The molecule has 1 heterocycles. The van der Waals surface area contributed by atoms with Crippen molar-refractivity contribution in [3.63, 3.8) is 0 Å². The van der Waals surface area contributed by atoms with Crippen LogP contribution < -0.4 is 10.6 Å². The lowest BCUT2D eigenvalue weighted by atomic mass is 9.89. The summed E-state index contributed by atoms with van der Waals surface area (Å²) in [6.07, 6.45) is 5.87. The molecule has 4 aromatic rings. The highest BCUT2D eigenvalue weighted by atomic mass is 16.3. The Morgan fingerprint density at radius 1 is 0.884 bits per heavy atom. The monoisotopic (exact) mass is 582 g/mol. The molecule has 8 nitrogen and oxygen atoms in total. The summed E-state index contributed by atoms with van der Waals surface area (Å²) < 4.78 is 0. The molecule has 0 fully saturated rings. The van der Waals surface area contributed by atoms with E-state index < -0.39 is 18.0 Å². The molecule has 2 amide bonds. The number of amides is 2. The molecule has 0 spiro atoms. The van der Waals surface area contributed by atoms with Crippen molar-refractivity contribution in [1.82, 2.24) is 20.6 Å². The number of nitrogens with zero attached hydrogens (tertiary/aromatic N) is 1. The molecule has 0 aliphatic rings. The lowest BCUT2D eigenvalue weighted by Gasteiger charge is -2.25. The highest BCUT2D eigenvalue weighted by molar-refractivity contribution is 5.96. The first-order valence-corrected chi connectivity index (χ1v) is 15.1. The van der Waals surface area contributed by atoms with Crippen LogP contribution in [0.15, 0.2) is 85.3 Å². The highest BCUT2D eigenvalue weighted by Crippen LogP contribution is 2.24. The zero-order valence-corrected chi connectivity index (χ0v) is 25.0. The predicted octanol–water partition coefficient (Wildman–Crippen LogP) is 5.03. The van der Waals surface area contributed by atoms with Gasteiger partial charge in [0.05, 0.1) is 24.7 Å². The number of aromatic nitrogens is 2. The topological polar surface area (TPSA) is 124 Å². The van der Waals surface area contributed by atoms with Gasteiger partial charge in [0.25, 0.3) is 0 Å². The highest BCUT2D eigenvalue weighted by Gasteiger charge is 2.28. The number of Topliss-reactive ketones (excluding diaryl/α,β-unsaturated/α-hetero) is 1. The number of hydrogen-bond acceptors (Lipinski definition) is 5. The van der Waals surface area contributed by atoms with E-state index in [0.717, 1.165) is 16.3 Å². The number of aliphatic hydroxyl groups excluding tert-OH is 1. The Morgan fingerprint density at radius 3 is 2.35 bits per heavy atom.